The molecule has 2 aliphatic rings. The Hall–Kier alpha value is -0.770. The summed E-state index contributed by atoms with van der Waals surface area (Å²) in [6, 6.07) is 0. The summed E-state index contributed by atoms with van der Waals surface area (Å²) in [5.41, 5.74) is 0.432. The predicted octanol–water partition coefficient (Wildman–Crippen LogP) is 2.42. The van der Waals surface area contributed by atoms with Crippen molar-refractivity contribution in [2.45, 2.75) is 47.0 Å². The first-order valence-electron chi connectivity index (χ1n) is 8.79. The molecular weight excluding hydrogens is 260 g/mol. The first kappa shape index (κ1) is 16.6. The lowest BCUT2D eigenvalue weighted by molar-refractivity contribution is 0.325. The molecule has 2 saturated heterocycles. The third-order valence-corrected chi connectivity index (χ3v) is 4.72. The molecule has 1 unspecified atom stereocenters. The summed E-state index contributed by atoms with van der Waals surface area (Å²) < 4.78 is 0. The third kappa shape index (κ3) is 4.87. The summed E-state index contributed by atoms with van der Waals surface area (Å²) in [5, 5.41) is 3.48. The molecular formula is C17H34N4. The summed E-state index contributed by atoms with van der Waals surface area (Å²) in [5.74, 6) is 1.89. The predicted molar refractivity (Wildman–Crippen MR) is 90.8 cm³/mol. The monoisotopic (exact) mass is 294 g/mol. The Morgan fingerprint density at radius 3 is 2.71 bits per heavy atom. The van der Waals surface area contributed by atoms with Gasteiger partial charge in [0.25, 0.3) is 0 Å². The van der Waals surface area contributed by atoms with Crippen molar-refractivity contribution in [1.29, 1.82) is 0 Å². The van der Waals surface area contributed by atoms with Crippen molar-refractivity contribution in [3.8, 4) is 0 Å². The first-order valence-corrected chi connectivity index (χ1v) is 8.79. The Morgan fingerprint density at radius 1 is 1.29 bits per heavy atom. The zero-order valence-electron chi connectivity index (χ0n) is 14.5. The quantitative estimate of drug-likeness (QED) is 0.624. The molecule has 1 atom stereocenters. The maximum Gasteiger partial charge on any atom is 0.193 e. The fourth-order valence-electron chi connectivity index (χ4n) is 3.52. The Labute approximate surface area is 131 Å². The van der Waals surface area contributed by atoms with Crippen molar-refractivity contribution in [3.05, 3.63) is 0 Å². The molecule has 0 aromatic heterocycles. The Kier molecular flexibility index (Phi) is 5.91. The van der Waals surface area contributed by atoms with Crippen LogP contribution >= 0.6 is 0 Å². The van der Waals surface area contributed by atoms with E-state index in [2.05, 4.69) is 42.8 Å². The minimum absolute atomic E-state index is 0.432. The van der Waals surface area contributed by atoms with Gasteiger partial charge in [-0.25, -0.2) is 0 Å². The smallest absolute Gasteiger partial charge is 0.193 e. The highest BCUT2D eigenvalue weighted by Gasteiger charge is 2.31. The molecule has 2 rings (SSSR count). The van der Waals surface area contributed by atoms with E-state index in [1.165, 1.54) is 38.9 Å². The second-order valence-electron chi connectivity index (χ2n) is 7.49. The van der Waals surface area contributed by atoms with Crippen molar-refractivity contribution >= 4 is 5.96 Å². The average Bonchev–Trinajstić information content (AvgIpc) is 3.01. The van der Waals surface area contributed by atoms with Gasteiger partial charge in [-0.1, -0.05) is 20.8 Å². The van der Waals surface area contributed by atoms with Gasteiger partial charge in [-0.15, -0.1) is 0 Å². The van der Waals surface area contributed by atoms with Crippen LogP contribution in [0.4, 0.5) is 0 Å². The number of nitrogens with zero attached hydrogens (tertiary/aromatic N) is 3. The highest BCUT2D eigenvalue weighted by molar-refractivity contribution is 5.80. The van der Waals surface area contributed by atoms with Crippen LogP contribution in [0.15, 0.2) is 4.99 Å². The average molecular weight is 294 g/mol. The molecule has 0 radical (unpaired) electrons. The van der Waals surface area contributed by atoms with Crippen molar-refractivity contribution in [2.24, 2.45) is 16.3 Å². The minimum Gasteiger partial charge on any atom is -0.357 e. The zero-order valence-corrected chi connectivity index (χ0v) is 14.5. The lowest BCUT2D eigenvalue weighted by atomic mass is 9.93. The topological polar surface area (TPSA) is 30.9 Å². The van der Waals surface area contributed by atoms with Gasteiger partial charge in [-0.3, -0.25) is 4.99 Å². The maximum absolute atomic E-state index is 4.94. The second kappa shape index (κ2) is 7.48. The SMILES string of the molecule is CCCN1CCC(CN=C(NCC)N2CCC(C)(C)C2)C1. The maximum atomic E-state index is 4.94. The van der Waals surface area contributed by atoms with Crippen LogP contribution in [0, 0.1) is 11.3 Å². The van der Waals surface area contributed by atoms with Gasteiger partial charge in [0.05, 0.1) is 0 Å². The molecule has 0 aromatic carbocycles. The van der Waals surface area contributed by atoms with Crippen LogP contribution in [-0.4, -0.2) is 61.6 Å². The number of hydrogen-bond acceptors (Lipinski definition) is 2. The lowest BCUT2D eigenvalue weighted by Crippen LogP contribution is -2.41. The molecule has 2 fully saturated rings. The number of hydrogen-bond donors (Lipinski definition) is 1. The van der Waals surface area contributed by atoms with E-state index in [0.29, 0.717) is 5.41 Å². The van der Waals surface area contributed by atoms with Gasteiger partial charge in [-0.05, 0) is 50.6 Å². The van der Waals surface area contributed by atoms with Crippen LogP contribution in [0.5, 0.6) is 0 Å². The van der Waals surface area contributed by atoms with E-state index < -0.39 is 0 Å². The van der Waals surface area contributed by atoms with Crippen LogP contribution in [-0.2, 0) is 0 Å². The fourth-order valence-corrected chi connectivity index (χ4v) is 3.52. The van der Waals surface area contributed by atoms with Gasteiger partial charge >= 0.3 is 0 Å². The van der Waals surface area contributed by atoms with Crippen molar-refractivity contribution < 1.29 is 0 Å². The molecule has 0 aliphatic carbocycles. The standard InChI is InChI=1S/C17H34N4/c1-5-9-20-10-7-15(13-20)12-19-16(18-6-2)21-11-8-17(3,4)14-21/h15H,5-14H2,1-4H3,(H,18,19). The molecule has 4 nitrogen and oxygen atoms in total. The highest BCUT2D eigenvalue weighted by atomic mass is 15.3. The number of rotatable bonds is 5. The molecule has 0 spiro atoms. The molecule has 1 N–H and O–H groups in total. The summed E-state index contributed by atoms with van der Waals surface area (Å²) in [4.78, 5) is 9.98. The van der Waals surface area contributed by atoms with Gasteiger partial charge in [0.1, 0.15) is 0 Å². The normalized spacial score (nSPS) is 26.6. The Bertz CT molecular complexity index is 351. The van der Waals surface area contributed by atoms with Gasteiger partial charge < -0.3 is 15.1 Å². The molecule has 0 amide bonds. The third-order valence-electron chi connectivity index (χ3n) is 4.72. The second-order valence-corrected chi connectivity index (χ2v) is 7.49. The zero-order chi connectivity index (χ0) is 15.3. The van der Waals surface area contributed by atoms with E-state index >= 15 is 0 Å². The summed E-state index contributed by atoms with van der Waals surface area (Å²) in [7, 11) is 0. The molecule has 0 aromatic rings. The molecule has 0 saturated carbocycles. The number of likely N-dealkylation sites (tertiary alicyclic amines) is 2. The number of nitrogens with one attached hydrogen (secondary N) is 1. The van der Waals surface area contributed by atoms with E-state index in [1.54, 1.807) is 0 Å². The van der Waals surface area contributed by atoms with Gasteiger partial charge in [0.15, 0.2) is 5.96 Å². The van der Waals surface area contributed by atoms with Crippen molar-refractivity contribution in [1.82, 2.24) is 15.1 Å². The lowest BCUT2D eigenvalue weighted by Gasteiger charge is -2.24. The van der Waals surface area contributed by atoms with Gasteiger partial charge in [-0.2, -0.15) is 0 Å². The fraction of sp³-hybridized carbons (Fsp3) is 0.941. The van der Waals surface area contributed by atoms with E-state index in [0.717, 1.165) is 38.1 Å². The molecule has 21 heavy (non-hydrogen) atoms. The molecule has 4 heteroatoms. The summed E-state index contributed by atoms with van der Waals surface area (Å²) >= 11 is 0. The van der Waals surface area contributed by atoms with Crippen LogP contribution in [0.2, 0.25) is 0 Å². The summed E-state index contributed by atoms with van der Waals surface area (Å²) in [6.45, 7) is 17.1. The molecule has 2 heterocycles. The number of guanidine groups is 1. The Morgan fingerprint density at radius 2 is 2.10 bits per heavy atom. The Balaban J connectivity index is 1.87. The van der Waals surface area contributed by atoms with E-state index in [9.17, 15) is 0 Å². The number of aliphatic imine (C=N–C) groups is 1. The summed E-state index contributed by atoms with van der Waals surface area (Å²) in [6.07, 6.45) is 3.85. The molecule has 0 bridgehead atoms. The van der Waals surface area contributed by atoms with Crippen LogP contribution in [0.3, 0.4) is 0 Å². The van der Waals surface area contributed by atoms with Crippen LogP contribution in [0.25, 0.3) is 0 Å². The van der Waals surface area contributed by atoms with Gasteiger partial charge in [0.2, 0.25) is 0 Å². The van der Waals surface area contributed by atoms with Crippen molar-refractivity contribution in [2.75, 3.05) is 45.8 Å². The van der Waals surface area contributed by atoms with E-state index in [1.807, 2.05) is 0 Å². The first-order chi connectivity index (χ1) is 10.0. The van der Waals surface area contributed by atoms with Gasteiger partial charge in [0, 0.05) is 32.7 Å². The van der Waals surface area contributed by atoms with E-state index in [-0.39, 0.29) is 0 Å². The van der Waals surface area contributed by atoms with Crippen molar-refractivity contribution in [3.63, 3.8) is 0 Å². The molecule has 2 aliphatic heterocycles. The minimum atomic E-state index is 0.432. The highest BCUT2D eigenvalue weighted by Crippen LogP contribution is 2.28. The van der Waals surface area contributed by atoms with Crippen LogP contribution in [0.1, 0.15) is 47.0 Å². The van der Waals surface area contributed by atoms with Crippen LogP contribution < -0.4 is 5.32 Å². The largest absolute Gasteiger partial charge is 0.357 e. The van der Waals surface area contributed by atoms with E-state index in [4.69, 9.17) is 4.99 Å². The molecule has 122 valence electrons.